The molecule has 40 heavy (non-hydrogen) atoms. The predicted octanol–water partition coefficient (Wildman–Crippen LogP) is 2.39. The molecule has 0 unspecified atom stereocenters. The van der Waals surface area contributed by atoms with Crippen molar-refractivity contribution in [1.82, 2.24) is 19.7 Å². The maximum absolute atomic E-state index is 13.9. The number of benzene rings is 1. The fourth-order valence-electron chi connectivity index (χ4n) is 4.44. The molecule has 216 valence electrons. The Bertz CT molecular complexity index is 1420. The van der Waals surface area contributed by atoms with Gasteiger partial charge in [0.15, 0.2) is 5.82 Å². The SMILES string of the molecule is C[C@H](N[P@](=O)(OC[C@@]1(C)O[C@@H](c2ccc3c(N)ncnn23)[C@H](O)[C@@H]1O)Oc1ccccc1)C(=O)OCC1(C)CC1. The molecule has 0 spiro atoms. The number of nitrogens with zero attached hydrogens (tertiary/aromatic N) is 3. The predicted molar refractivity (Wildman–Crippen MR) is 143 cm³/mol. The van der Waals surface area contributed by atoms with Gasteiger partial charge in [-0.1, -0.05) is 25.1 Å². The molecule has 5 N–H and O–H groups in total. The summed E-state index contributed by atoms with van der Waals surface area (Å²) >= 11 is 0. The highest BCUT2D eigenvalue weighted by atomic mass is 31.2. The molecule has 2 aliphatic rings. The number of para-hydroxylation sites is 1. The third-order valence-electron chi connectivity index (χ3n) is 7.32. The number of hydrogen-bond acceptors (Lipinski definition) is 11. The Morgan fingerprint density at radius 1 is 1.23 bits per heavy atom. The summed E-state index contributed by atoms with van der Waals surface area (Å²) in [5, 5.41) is 28.7. The minimum Gasteiger partial charge on any atom is -0.464 e. The van der Waals surface area contributed by atoms with Crippen LogP contribution in [-0.4, -0.2) is 67.8 Å². The van der Waals surface area contributed by atoms with Crippen molar-refractivity contribution < 1.29 is 38.1 Å². The van der Waals surface area contributed by atoms with Gasteiger partial charge in [-0.2, -0.15) is 10.2 Å². The molecule has 2 fully saturated rings. The summed E-state index contributed by atoms with van der Waals surface area (Å²) in [6.45, 7) is 4.85. The van der Waals surface area contributed by atoms with Crippen LogP contribution < -0.4 is 15.3 Å². The molecule has 3 heterocycles. The molecule has 2 aromatic heterocycles. The highest BCUT2D eigenvalue weighted by molar-refractivity contribution is 7.52. The van der Waals surface area contributed by atoms with Crippen LogP contribution in [0.5, 0.6) is 5.75 Å². The number of nitrogen functional groups attached to an aromatic ring is 1. The van der Waals surface area contributed by atoms with Crippen LogP contribution >= 0.6 is 7.75 Å². The Morgan fingerprint density at radius 3 is 2.65 bits per heavy atom. The van der Waals surface area contributed by atoms with E-state index in [0.29, 0.717) is 11.2 Å². The molecule has 1 aromatic carbocycles. The molecule has 13 nitrogen and oxygen atoms in total. The van der Waals surface area contributed by atoms with Crippen molar-refractivity contribution in [2.24, 2.45) is 5.41 Å². The number of carbonyl (C=O) groups excluding carboxylic acids is 1. The Hall–Kier alpha value is -3.06. The second kappa shape index (κ2) is 10.7. The van der Waals surface area contributed by atoms with E-state index in [9.17, 15) is 19.6 Å². The number of aliphatic hydroxyl groups is 2. The van der Waals surface area contributed by atoms with E-state index in [-0.39, 0.29) is 23.6 Å². The summed E-state index contributed by atoms with van der Waals surface area (Å²) in [6.07, 6.45) is -0.592. The number of aliphatic hydroxyl groups excluding tert-OH is 2. The number of anilines is 1. The maximum Gasteiger partial charge on any atom is 0.459 e. The second-order valence-corrected chi connectivity index (χ2v) is 12.6. The standard InChI is InChI=1S/C26H34N5O8P/c1-16(24(34)36-13-25(2)11-12-25)30-40(35,39-17-7-5-4-6-8-17)37-14-26(3)22(33)20(32)21(38-26)18-9-10-19-23(27)28-15-29-31(18)19/h4-10,15-16,20-22,32-33H,11-14H2,1-3H3,(H,30,35)(H2,27,28,29)/t16-,20-,21-,22-,26+,40-/m0/s1. The number of carbonyl (C=O) groups is 1. The second-order valence-electron chi connectivity index (χ2n) is 10.9. The van der Waals surface area contributed by atoms with E-state index in [1.54, 1.807) is 42.5 Å². The Morgan fingerprint density at radius 2 is 1.95 bits per heavy atom. The summed E-state index contributed by atoms with van der Waals surface area (Å²) in [7, 11) is -4.23. The van der Waals surface area contributed by atoms with Gasteiger partial charge < -0.3 is 29.9 Å². The van der Waals surface area contributed by atoms with Crippen molar-refractivity contribution in [3.05, 3.63) is 54.5 Å². The molecule has 6 atom stereocenters. The average molecular weight is 576 g/mol. The molecular weight excluding hydrogens is 541 g/mol. The number of rotatable bonds is 11. The molecule has 1 saturated heterocycles. The molecule has 0 bridgehead atoms. The van der Waals surface area contributed by atoms with Gasteiger partial charge in [-0.3, -0.25) is 9.32 Å². The van der Waals surface area contributed by atoms with Crippen LogP contribution in [0.25, 0.3) is 5.52 Å². The Balaban J connectivity index is 1.32. The largest absolute Gasteiger partial charge is 0.464 e. The van der Waals surface area contributed by atoms with Gasteiger partial charge in [0.25, 0.3) is 0 Å². The van der Waals surface area contributed by atoms with Crippen molar-refractivity contribution in [3.8, 4) is 5.75 Å². The van der Waals surface area contributed by atoms with Crippen molar-refractivity contribution in [3.63, 3.8) is 0 Å². The quantitative estimate of drug-likeness (QED) is 0.194. The smallest absolute Gasteiger partial charge is 0.459 e. The van der Waals surface area contributed by atoms with Gasteiger partial charge in [-0.15, -0.1) is 0 Å². The third kappa shape index (κ3) is 5.85. The van der Waals surface area contributed by atoms with Crippen LogP contribution in [0.15, 0.2) is 48.8 Å². The van der Waals surface area contributed by atoms with Crippen LogP contribution in [0.4, 0.5) is 5.82 Å². The molecule has 0 radical (unpaired) electrons. The van der Waals surface area contributed by atoms with Crippen molar-refractivity contribution >= 4 is 25.1 Å². The highest BCUT2D eigenvalue weighted by Gasteiger charge is 2.54. The lowest BCUT2D eigenvalue weighted by Gasteiger charge is -2.30. The van der Waals surface area contributed by atoms with Crippen LogP contribution in [0.3, 0.4) is 0 Å². The zero-order valence-electron chi connectivity index (χ0n) is 22.5. The number of esters is 1. The lowest BCUT2D eigenvalue weighted by molar-refractivity contribution is -0.147. The molecule has 14 heteroatoms. The zero-order chi connectivity index (χ0) is 28.7. The Kier molecular flexibility index (Phi) is 7.64. The summed E-state index contributed by atoms with van der Waals surface area (Å²) in [5.41, 5.74) is 5.33. The average Bonchev–Trinajstić information content (AvgIpc) is 3.43. The first kappa shape index (κ1) is 28.5. The highest BCUT2D eigenvalue weighted by Crippen LogP contribution is 2.49. The van der Waals surface area contributed by atoms with Gasteiger partial charge in [-0.05, 0) is 51.0 Å². The summed E-state index contributed by atoms with van der Waals surface area (Å²) < 4.78 is 38.3. The van der Waals surface area contributed by atoms with E-state index in [4.69, 9.17) is 24.3 Å². The lowest BCUT2D eigenvalue weighted by atomic mass is 9.97. The van der Waals surface area contributed by atoms with Crippen molar-refractivity contribution in [2.75, 3.05) is 18.9 Å². The number of fused-ring (bicyclic) bond motifs is 1. The fraction of sp³-hybridized carbons (Fsp3) is 0.500. The summed E-state index contributed by atoms with van der Waals surface area (Å²) in [5.74, 6) is -0.129. The molecule has 0 amide bonds. The lowest BCUT2D eigenvalue weighted by Crippen LogP contribution is -2.45. The van der Waals surface area contributed by atoms with Gasteiger partial charge in [0.05, 0.1) is 18.9 Å². The monoisotopic (exact) mass is 575 g/mol. The minimum atomic E-state index is -4.23. The van der Waals surface area contributed by atoms with E-state index in [2.05, 4.69) is 15.2 Å². The first-order valence-electron chi connectivity index (χ1n) is 13.0. The Labute approximate surface area is 231 Å². The first-order chi connectivity index (χ1) is 18.9. The van der Waals surface area contributed by atoms with E-state index in [1.807, 2.05) is 6.92 Å². The zero-order valence-corrected chi connectivity index (χ0v) is 23.4. The topological polar surface area (TPSA) is 180 Å². The molecule has 3 aromatic rings. The normalized spacial score (nSPS) is 27.7. The van der Waals surface area contributed by atoms with Crippen LogP contribution in [0.2, 0.25) is 0 Å². The van der Waals surface area contributed by atoms with Crippen LogP contribution in [-0.2, 0) is 23.4 Å². The van der Waals surface area contributed by atoms with Crippen molar-refractivity contribution in [2.45, 2.75) is 63.6 Å². The molecular formula is C26H34N5O8P. The minimum absolute atomic E-state index is 0.0128. The first-order valence-corrected chi connectivity index (χ1v) is 14.5. The molecule has 1 aliphatic heterocycles. The maximum atomic E-state index is 13.9. The number of nitrogens with two attached hydrogens (primary N) is 1. The fourth-order valence-corrected chi connectivity index (χ4v) is 6.03. The van der Waals surface area contributed by atoms with Gasteiger partial charge in [0, 0.05) is 5.41 Å². The van der Waals surface area contributed by atoms with Gasteiger partial charge in [0.1, 0.15) is 47.5 Å². The van der Waals surface area contributed by atoms with Gasteiger partial charge in [-0.25, -0.2) is 14.1 Å². The van der Waals surface area contributed by atoms with Gasteiger partial charge >= 0.3 is 13.7 Å². The van der Waals surface area contributed by atoms with E-state index < -0.39 is 50.3 Å². The summed E-state index contributed by atoms with van der Waals surface area (Å²) in [4.78, 5) is 16.6. The number of hydrogen-bond donors (Lipinski definition) is 4. The van der Waals surface area contributed by atoms with Crippen molar-refractivity contribution in [1.29, 1.82) is 0 Å². The molecule has 1 aliphatic carbocycles. The van der Waals surface area contributed by atoms with Gasteiger partial charge in [0.2, 0.25) is 0 Å². The number of aromatic nitrogens is 3. The molecule has 1 saturated carbocycles. The van der Waals surface area contributed by atoms with Crippen LogP contribution in [0.1, 0.15) is 45.4 Å². The van der Waals surface area contributed by atoms with E-state index in [1.165, 1.54) is 24.7 Å². The summed E-state index contributed by atoms with van der Waals surface area (Å²) in [6, 6.07) is 10.6. The number of nitrogens with one attached hydrogen (secondary N) is 1. The van der Waals surface area contributed by atoms with Crippen LogP contribution in [0, 0.1) is 5.41 Å². The number of ether oxygens (including phenoxy) is 2. The van der Waals surface area contributed by atoms with E-state index >= 15 is 0 Å². The van der Waals surface area contributed by atoms with E-state index in [0.717, 1.165) is 12.8 Å². The third-order valence-corrected chi connectivity index (χ3v) is 8.94. The molecule has 5 rings (SSSR count).